The van der Waals surface area contributed by atoms with E-state index < -0.39 is 5.21 Å². The van der Waals surface area contributed by atoms with E-state index in [0.717, 1.165) is 11.3 Å². The molecule has 1 nitrogen and oxygen atoms in total. The van der Waals surface area contributed by atoms with E-state index in [1.807, 2.05) is 38.1 Å². The van der Waals surface area contributed by atoms with Crippen LogP contribution in [0.3, 0.4) is 0 Å². The lowest BCUT2D eigenvalue weighted by atomic mass is 9.46. The summed E-state index contributed by atoms with van der Waals surface area (Å²) in [5.41, 5.74) is 0.924. The first-order valence-corrected chi connectivity index (χ1v) is 4.70. The van der Waals surface area contributed by atoms with Gasteiger partial charge in [0.05, 0.1) is 22.8 Å². The molecule has 0 saturated carbocycles. The zero-order chi connectivity index (χ0) is 10.8. The zero-order valence-corrected chi connectivity index (χ0v) is 8.95. The molecule has 1 aromatic carbocycles. The van der Waals surface area contributed by atoms with Crippen molar-refractivity contribution in [3.05, 3.63) is 29.8 Å². The van der Waals surface area contributed by atoms with Gasteiger partial charge in [0.15, 0.2) is 0 Å². The Balaban J connectivity index is 2.97. The molecule has 4 radical (unpaired) electrons. The van der Waals surface area contributed by atoms with E-state index in [9.17, 15) is 0 Å². The van der Waals surface area contributed by atoms with Crippen LogP contribution in [0.4, 0.5) is 0 Å². The Hall–Kier alpha value is -0.850. The number of hydrogen-bond donors (Lipinski definition) is 0. The van der Waals surface area contributed by atoms with Crippen LogP contribution in [0.2, 0.25) is 0 Å². The molecule has 0 heterocycles. The van der Waals surface area contributed by atoms with Gasteiger partial charge < -0.3 is 4.74 Å². The second-order valence-electron chi connectivity index (χ2n) is 3.82. The van der Waals surface area contributed by atoms with Gasteiger partial charge in [-0.05, 0) is 12.1 Å². The normalized spacial score (nSPS) is 11.7. The lowest BCUT2D eigenvalue weighted by molar-refractivity contribution is 0.414. The maximum atomic E-state index is 6.01. The highest BCUT2D eigenvalue weighted by atomic mass is 16.5. The third-order valence-electron chi connectivity index (χ3n) is 2.55. The van der Waals surface area contributed by atoms with E-state index in [1.165, 1.54) is 0 Å². The fourth-order valence-electron chi connectivity index (χ4n) is 1.21. The first kappa shape index (κ1) is 11.2. The van der Waals surface area contributed by atoms with Crippen molar-refractivity contribution in [3.63, 3.8) is 0 Å². The van der Waals surface area contributed by atoms with Crippen molar-refractivity contribution in [1.82, 2.24) is 0 Å². The Morgan fingerprint density at radius 3 is 2.00 bits per heavy atom. The third-order valence-corrected chi connectivity index (χ3v) is 2.55. The smallest absolute Gasteiger partial charge is 0.118 e. The molecule has 0 amide bonds. The fourth-order valence-corrected chi connectivity index (χ4v) is 1.21. The van der Waals surface area contributed by atoms with Crippen LogP contribution >= 0.6 is 0 Å². The SMILES string of the molecule is [B]C([B])(c1ccc(OC)cc1)C(C)C. The van der Waals surface area contributed by atoms with Crippen LogP contribution < -0.4 is 4.74 Å². The molecule has 0 saturated heterocycles. The van der Waals surface area contributed by atoms with Crippen molar-refractivity contribution in [2.75, 3.05) is 7.11 Å². The van der Waals surface area contributed by atoms with Gasteiger partial charge in [-0.2, -0.15) is 0 Å². The molecule has 3 heteroatoms. The second kappa shape index (κ2) is 4.12. The molecule has 0 aliphatic heterocycles. The van der Waals surface area contributed by atoms with E-state index in [2.05, 4.69) is 0 Å². The van der Waals surface area contributed by atoms with Crippen molar-refractivity contribution in [3.8, 4) is 5.75 Å². The van der Waals surface area contributed by atoms with Crippen LogP contribution in [-0.4, -0.2) is 22.8 Å². The molecule has 14 heavy (non-hydrogen) atoms. The Morgan fingerprint density at radius 2 is 1.64 bits per heavy atom. The lowest BCUT2D eigenvalue weighted by Gasteiger charge is -2.31. The van der Waals surface area contributed by atoms with Crippen molar-refractivity contribution >= 4 is 15.7 Å². The minimum absolute atomic E-state index is 0.191. The molecular weight excluding hydrogens is 170 g/mol. The summed E-state index contributed by atoms with van der Waals surface area (Å²) in [6, 6.07) is 7.54. The van der Waals surface area contributed by atoms with Crippen LogP contribution in [-0.2, 0) is 5.21 Å². The number of hydrogen-bond acceptors (Lipinski definition) is 1. The van der Waals surface area contributed by atoms with Gasteiger partial charge in [-0.1, -0.05) is 42.7 Å². The molecule has 0 aliphatic carbocycles. The molecule has 1 aromatic rings. The minimum Gasteiger partial charge on any atom is -0.497 e. The second-order valence-corrected chi connectivity index (χ2v) is 3.82. The number of rotatable bonds is 3. The van der Waals surface area contributed by atoms with Crippen LogP contribution in [0.5, 0.6) is 5.75 Å². The average molecular weight is 184 g/mol. The molecule has 0 aliphatic rings. The molecule has 0 atom stereocenters. The van der Waals surface area contributed by atoms with Crippen LogP contribution in [0.25, 0.3) is 0 Å². The van der Waals surface area contributed by atoms with E-state index in [4.69, 9.17) is 20.4 Å². The summed E-state index contributed by atoms with van der Waals surface area (Å²) in [6.07, 6.45) is 0. The summed E-state index contributed by atoms with van der Waals surface area (Å²) < 4.78 is 5.06. The Labute approximate surface area is 88.7 Å². The van der Waals surface area contributed by atoms with Crippen LogP contribution in [0.15, 0.2) is 24.3 Å². The van der Waals surface area contributed by atoms with Gasteiger partial charge in [0, 0.05) is 0 Å². The van der Waals surface area contributed by atoms with E-state index in [-0.39, 0.29) is 5.92 Å². The van der Waals surface area contributed by atoms with Gasteiger partial charge in [0.1, 0.15) is 5.75 Å². The number of methoxy groups -OCH3 is 1. The average Bonchev–Trinajstić information content (AvgIpc) is 2.17. The first-order chi connectivity index (χ1) is 6.48. The van der Waals surface area contributed by atoms with Gasteiger partial charge in [-0.3, -0.25) is 0 Å². The molecule has 0 fully saturated rings. The number of benzene rings is 1. The topological polar surface area (TPSA) is 9.23 Å². The molecule has 0 aromatic heterocycles. The van der Waals surface area contributed by atoms with Crippen molar-refractivity contribution in [1.29, 1.82) is 0 Å². The molecule has 0 spiro atoms. The van der Waals surface area contributed by atoms with Gasteiger partial charge >= 0.3 is 0 Å². The summed E-state index contributed by atoms with van der Waals surface area (Å²) in [6.45, 7) is 4.01. The highest BCUT2D eigenvalue weighted by molar-refractivity contribution is 6.40. The summed E-state index contributed by atoms with van der Waals surface area (Å²) in [5.74, 6) is 1.00. The summed E-state index contributed by atoms with van der Waals surface area (Å²) in [7, 11) is 13.7. The molecular formula is C11H14B2O. The van der Waals surface area contributed by atoms with Crippen LogP contribution in [0.1, 0.15) is 19.4 Å². The largest absolute Gasteiger partial charge is 0.497 e. The van der Waals surface area contributed by atoms with E-state index in [0.29, 0.717) is 0 Å². The monoisotopic (exact) mass is 184 g/mol. The van der Waals surface area contributed by atoms with Crippen molar-refractivity contribution in [2.24, 2.45) is 5.92 Å². The Morgan fingerprint density at radius 1 is 1.14 bits per heavy atom. The highest BCUT2D eigenvalue weighted by Gasteiger charge is 2.23. The summed E-state index contributed by atoms with van der Waals surface area (Å²) in [5, 5.41) is -0.772. The predicted octanol–water partition coefficient (Wildman–Crippen LogP) is 1.84. The van der Waals surface area contributed by atoms with Gasteiger partial charge in [-0.25, -0.2) is 0 Å². The quantitative estimate of drug-likeness (QED) is 0.651. The summed E-state index contributed by atoms with van der Waals surface area (Å²) >= 11 is 0. The third kappa shape index (κ3) is 2.14. The maximum absolute atomic E-state index is 6.01. The predicted molar refractivity (Wildman–Crippen MR) is 61.0 cm³/mol. The molecule has 0 unspecified atom stereocenters. The molecule has 0 N–H and O–H groups in total. The van der Waals surface area contributed by atoms with Crippen molar-refractivity contribution < 1.29 is 4.74 Å². The van der Waals surface area contributed by atoms with Crippen LogP contribution in [0, 0.1) is 5.92 Å². The number of ether oxygens (including phenoxy) is 1. The maximum Gasteiger partial charge on any atom is 0.118 e. The molecule has 1 rings (SSSR count). The summed E-state index contributed by atoms with van der Waals surface area (Å²) in [4.78, 5) is 0. The molecule has 70 valence electrons. The molecule has 0 bridgehead atoms. The Bertz CT molecular complexity index is 291. The fraction of sp³-hybridized carbons (Fsp3) is 0.455. The standard InChI is InChI=1S/C11H14B2O/c1-8(2)11(12,13)9-4-6-10(14-3)7-5-9/h4-8H,1-3H3. The lowest BCUT2D eigenvalue weighted by Crippen LogP contribution is -2.33. The van der Waals surface area contributed by atoms with Gasteiger partial charge in [0.2, 0.25) is 0 Å². The minimum atomic E-state index is -0.772. The zero-order valence-electron chi connectivity index (χ0n) is 8.95. The van der Waals surface area contributed by atoms with E-state index >= 15 is 0 Å². The van der Waals surface area contributed by atoms with E-state index in [1.54, 1.807) is 7.11 Å². The highest BCUT2D eigenvalue weighted by Crippen LogP contribution is 2.26. The van der Waals surface area contributed by atoms with Gasteiger partial charge in [0.25, 0.3) is 0 Å². The first-order valence-electron chi connectivity index (χ1n) is 4.70. The van der Waals surface area contributed by atoms with Crippen molar-refractivity contribution in [2.45, 2.75) is 19.1 Å². The Kier molecular flexibility index (Phi) is 3.30. The van der Waals surface area contributed by atoms with Gasteiger partial charge in [-0.15, -0.1) is 0 Å².